The molecule has 34 heavy (non-hydrogen) atoms. The van der Waals surface area contributed by atoms with Gasteiger partial charge in [-0.25, -0.2) is 13.2 Å². The van der Waals surface area contributed by atoms with Gasteiger partial charge in [0.25, 0.3) is 0 Å². The molecule has 0 fully saturated rings. The number of ether oxygens (including phenoxy) is 1. The monoisotopic (exact) mass is 505 g/mol. The standard InChI is InChI=1S/C23H24FN3O5S2/c1-26-17(10-6-7-11-25)14-27(16-8-4-3-5-9-16)19-12-21(33-2)20(13-22(19)34(26,30)31)32-15-18(24)23(28)29/h3-5,8-9,12-13,15,17H,6-7,10,14H2,1-2H3,(H,28,29)/b18-15-. The average molecular weight is 506 g/mol. The lowest BCUT2D eigenvalue weighted by molar-refractivity contribution is -0.134. The van der Waals surface area contributed by atoms with Crippen molar-refractivity contribution in [3.63, 3.8) is 0 Å². The molecule has 0 saturated carbocycles. The summed E-state index contributed by atoms with van der Waals surface area (Å²) in [6.45, 7) is 0.361. The number of carboxylic acid groups (broad SMARTS) is 1. The number of rotatable bonds is 8. The number of para-hydroxylation sites is 1. The number of unbranched alkanes of at least 4 members (excludes halogenated alkanes) is 1. The second-order valence-electron chi connectivity index (χ2n) is 7.53. The van der Waals surface area contributed by atoms with Gasteiger partial charge in [0.2, 0.25) is 15.9 Å². The number of carboxylic acids is 1. The smallest absolute Gasteiger partial charge is 0.368 e. The summed E-state index contributed by atoms with van der Waals surface area (Å²) in [4.78, 5) is 13.2. The van der Waals surface area contributed by atoms with Gasteiger partial charge in [-0.3, -0.25) is 0 Å². The molecule has 0 bridgehead atoms. The van der Waals surface area contributed by atoms with Gasteiger partial charge in [-0.05, 0) is 37.3 Å². The lowest BCUT2D eigenvalue weighted by Crippen LogP contribution is -2.40. The molecule has 0 saturated heterocycles. The number of likely N-dealkylation sites (N-methyl/N-ethyl adjacent to an activating group) is 1. The lowest BCUT2D eigenvalue weighted by Gasteiger charge is -2.29. The molecule has 3 rings (SSSR count). The maximum Gasteiger partial charge on any atom is 0.368 e. The molecule has 0 aromatic heterocycles. The van der Waals surface area contributed by atoms with Crippen molar-refractivity contribution < 1.29 is 27.4 Å². The quantitative estimate of drug-likeness (QED) is 0.241. The van der Waals surface area contributed by atoms with E-state index in [1.807, 2.05) is 35.2 Å². The third-order valence-electron chi connectivity index (χ3n) is 5.49. The molecule has 180 valence electrons. The summed E-state index contributed by atoms with van der Waals surface area (Å²) in [7, 11) is -2.50. The summed E-state index contributed by atoms with van der Waals surface area (Å²) in [5.74, 6) is -3.27. The molecule has 1 atom stereocenters. The average Bonchev–Trinajstić information content (AvgIpc) is 2.91. The number of thioether (sulfide) groups is 1. The maximum absolute atomic E-state index is 13.6. The molecule has 1 unspecified atom stereocenters. The fourth-order valence-electron chi connectivity index (χ4n) is 3.68. The van der Waals surface area contributed by atoms with Crippen LogP contribution in [-0.4, -0.2) is 49.7 Å². The summed E-state index contributed by atoms with van der Waals surface area (Å²) in [6.07, 6.45) is 3.55. The number of benzene rings is 2. The van der Waals surface area contributed by atoms with Crippen LogP contribution < -0.4 is 9.64 Å². The van der Waals surface area contributed by atoms with E-state index in [-0.39, 0.29) is 10.6 Å². The molecule has 0 amide bonds. The van der Waals surface area contributed by atoms with Crippen LogP contribution in [0.1, 0.15) is 19.3 Å². The first-order chi connectivity index (χ1) is 16.2. The SMILES string of the molecule is CSc1cc2c(cc1O/C=C(\F)C(=O)O)S(=O)(=O)N(C)C(CCCC#N)CN2c1ccccc1. The number of aliphatic carboxylic acids is 1. The van der Waals surface area contributed by atoms with Crippen LogP contribution in [0, 0.1) is 11.3 Å². The number of hydrogen-bond donors (Lipinski definition) is 1. The van der Waals surface area contributed by atoms with Crippen LogP contribution in [0.15, 0.2) is 64.3 Å². The molecule has 11 heteroatoms. The van der Waals surface area contributed by atoms with Crippen LogP contribution in [0.3, 0.4) is 0 Å². The second-order valence-corrected chi connectivity index (χ2v) is 10.3. The van der Waals surface area contributed by atoms with Gasteiger partial charge in [-0.2, -0.15) is 14.0 Å². The zero-order valence-corrected chi connectivity index (χ0v) is 20.3. The Morgan fingerprint density at radius 3 is 2.68 bits per heavy atom. The highest BCUT2D eigenvalue weighted by molar-refractivity contribution is 7.98. The Morgan fingerprint density at radius 1 is 1.35 bits per heavy atom. The first-order valence-electron chi connectivity index (χ1n) is 10.4. The minimum absolute atomic E-state index is 0.0237. The van der Waals surface area contributed by atoms with Crippen molar-refractivity contribution in [3.8, 4) is 11.8 Å². The van der Waals surface area contributed by atoms with Gasteiger partial charge in [-0.15, -0.1) is 11.8 Å². The summed E-state index contributed by atoms with van der Waals surface area (Å²) >= 11 is 1.26. The Balaban J connectivity index is 2.19. The van der Waals surface area contributed by atoms with E-state index in [4.69, 9.17) is 15.1 Å². The van der Waals surface area contributed by atoms with Crippen molar-refractivity contribution in [2.45, 2.75) is 35.1 Å². The van der Waals surface area contributed by atoms with E-state index in [9.17, 15) is 17.6 Å². The third-order valence-corrected chi connectivity index (χ3v) is 8.19. The largest absolute Gasteiger partial charge is 0.476 e. The van der Waals surface area contributed by atoms with Crippen LogP contribution in [0.25, 0.3) is 0 Å². The molecule has 0 radical (unpaired) electrons. The van der Waals surface area contributed by atoms with E-state index >= 15 is 0 Å². The predicted octanol–water partition coefficient (Wildman–Crippen LogP) is 4.52. The van der Waals surface area contributed by atoms with Gasteiger partial charge in [0, 0.05) is 37.8 Å². The van der Waals surface area contributed by atoms with Crippen molar-refractivity contribution >= 4 is 39.1 Å². The second kappa shape index (κ2) is 10.9. The zero-order chi connectivity index (χ0) is 24.9. The fourth-order valence-corrected chi connectivity index (χ4v) is 5.79. The molecule has 2 aromatic carbocycles. The highest BCUT2D eigenvalue weighted by Gasteiger charge is 2.37. The predicted molar refractivity (Wildman–Crippen MR) is 127 cm³/mol. The fraction of sp³-hybridized carbons (Fsp3) is 0.304. The van der Waals surface area contributed by atoms with Crippen molar-refractivity contribution in [1.29, 1.82) is 5.26 Å². The maximum atomic E-state index is 13.6. The highest BCUT2D eigenvalue weighted by Crippen LogP contribution is 2.43. The highest BCUT2D eigenvalue weighted by atomic mass is 32.2. The lowest BCUT2D eigenvalue weighted by atomic mass is 10.1. The van der Waals surface area contributed by atoms with Crippen molar-refractivity contribution in [2.75, 3.05) is 24.7 Å². The number of halogens is 1. The molecule has 1 aliphatic heterocycles. The number of fused-ring (bicyclic) bond motifs is 1. The molecule has 0 aliphatic carbocycles. The molecular weight excluding hydrogens is 481 g/mol. The Hall–Kier alpha value is -3.07. The van der Waals surface area contributed by atoms with Crippen LogP contribution >= 0.6 is 11.8 Å². The van der Waals surface area contributed by atoms with Gasteiger partial charge in [0.1, 0.15) is 16.9 Å². The molecule has 1 heterocycles. The molecule has 0 spiro atoms. The molecule has 1 aliphatic rings. The van der Waals surface area contributed by atoms with Gasteiger partial charge in [-0.1, -0.05) is 18.2 Å². The third kappa shape index (κ3) is 5.35. The number of carbonyl (C=O) groups is 1. The molecular formula is C23H24FN3O5S2. The number of hydrogen-bond acceptors (Lipinski definition) is 7. The first kappa shape index (κ1) is 25.6. The number of sulfonamides is 1. The Morgan fingerprint density at radius 2 is 2.06 bits per heavy atom. The van der Waals surface area contributed by atoms with Crippen LogP contribution in [0.5, 0.6) is 5.75 Å². The van der Waals surface area contributed by atoms with Crippen molar-refractivity contribution in [3.05, 3.63) is 54.6 Å². The van der Waals surface area contributed by atoms with E-state index in [1.165, 1.54) is 29.2 Å². The van der Waals surface area contributed by atoms with Crippen molar-refractivity contribution in [1.82, 2.24) is 4.31 Å². The minimum atomic E-state index is -4.00. The van der Waals surface area contributed by atoms with E-state index in [0.717, 1.165) is 5.69 Å². The Bertz CT molecular complexity index is 1230. The Kier molecular flexibility index (Phi) is 8.19. The first-order valence-corrected chi connectivity index (χ1v) is 13.0. The molecule has 2 aromatic rings. The number of nitrogens with zero attached hydrogens (tertiary/aromatic N) is 3. The van der Waals surface area contributed by atoms with Gasteiger partial charge in [0.15, 0.2) is 0 Å². The zero-order valence-electron chi connectivity index (χ0n) is 18.6. The molecule has 1 N–H and O–H groups in total. The number of anilines is 2. The van der Waals surface area contributed by atoms with E-state index in [2.05, 4.69) is 6.07 Å². The molecule has 8 nitrogen and oxygen atoms in total. The topological polar surface area (TPSA) is 111 Å². The minimum Gasteiger partial charge on any atom is -0.476 e. The van der Waals surface area contributed by atoms with Crippen molar-refractivity contribution in [2.24, 2.45) is 0 Å². The van der Waals surface area contributed by atoms with E-state index in [1.54, 1.807) is 12.3 Å². The van der Waals surface area contributed by atoms with Crippen LogP contribution in [0.4, 0.5) is 15.8 Å². The van der Waals surface area contributed by atoms with E-state index < -0.39 is 27.9 Å². The summed E-state index contributed by atoms with van der Waals surface area (Å²) in [5.41, 5.74) is 1.22. The van der Waals surface area contributed by atoms with Gasteiger partial charge < -0.3 is 14.7 Å². The van der Waals surface area contributed by atoms with Gasteiger partial charge in [0.05, 0.1) is 16.7 Å². The van der Waals surface area contributed by atoms with Crippen LogP contribution in [0.2, 0.25) is 0 Å². The summed E-state index contributed by atoms with van der Waals surface area (Å²) < 4.78 is 47.3. The Labute approximate surface area is 202 Å². The normalized spacial score (nSPS) is 18.0. The van der Waals surface area contributed by atoms with E-state index in [0.29, 0.717) is 42.7 Å². The number of nitriles is 1. The summed E-state index contributed by atoms with van der Waals surface area (Å²) in [6, 6.07) is 14.0. The van der Waals surface area contributed by atoms with Gasteiger partial charge >= 0.3 is 5.97 Å². The van der Waals surface area contributed by atoms with Crippen LogP contribution in [-0.2, 0) is 14.8 Å². The summed E-state index contributed by atoms with van der Waals surface area (Å²) in [5, 5.41) is 17.7.